The summed E-state index contributed by atoms with van der Waals surface area (Å²) in [5, 5.41) is 3.35. The maximum absolute atomic E-state index is 12.4. The van der Waals surface area contributed by atoms with Crippen molar-refractivity contribution in [2.75, 3.05) is 7.11 Å². The Kier molecular flexibility index (Phi) is 8.87. The lowest BCUT2D eigenvalue weighted by molar-refractivity contribution is -0.119. The molecule has 24 heavy (non-hydrogen) atoms. The van der Waals surface area contributed by atoms with Gasteiger partial charge in [0.15, 0.2) is 11.5 Å². The number of carbonyl (C=O) groups excluding carboxylic acids is 2. The number of unbranched alkanes of at least 4 members (excludes halogenated alkanes) is 7. The molecule has 1 aliphatic rings. The lowest BCUT2D eigenvalue weighted by Gasteiger charge is -2.19. The van der Waals surface area contributed by atoms with Gasteiger partial charge in [-0.3, -0.25) is 9.59 Å². The van der Waals surface area contributed by atoms with Gasteiger partial charge in [-0.1, -0.05) is 57.0 Å². The van der Waals surface area contributed by atoms with Gasteiger partial charge in [0.2, 0.25) is 5.78 Å². The van der Waals surface area contributed by atoms with Crippen LogP contribution in [0.4, 0.5) is 0 Å². The summed E-state index contributed by atoms with van der Waals surface area (Å²) in [5.74, 6) is -0.727. The molecule has 0 radical (unpaired) electrons. The van der Waals surface area contributed by atoms with E-state index in [0.29, 0.717) is 12.0 Å². The highest BCUT2D eigenvalue weighted by Crippen LogP contribution is 2.29. The summed E-state index contributed by atoms with van der Waals surface area (Å²) >= 11 is 0. The summed E-state index contributed by atoms with van der Waals surface area (Å²) in [5.41, 5.74) is 9.00. The molecule has 0 saturated carbocycles. The Morgan fingerprint density at radius 1 is 1.00 bits per heavy atom. The van der Waals surface area contributed by atoms with Crippen LogP contribution in [0.1, 0.15) is 71.6 Å². The molecule has 0 aliphatic heterocycles. The zero-order chi connectivity index (χ0) is 17.9. The first-order valence-electron chi connectivity index (χ1n) is 8.70. The Balaban J connectivity index is 2.60. The molecule has 132 valence electrons. The molecule has 0 unspecified atom stereocenters. The summed E-state index contributed by atoms with van der Waals surface area (Å²) in [6, 6.07) is 0. The van der Waals surface area contributed by atoms with E-state index < -0.39 is 5.78 Å². The van der Waals surface area contributed by atoms with E-state index in [2.05, 4.69) is 16.9 Å². The first-order chi connectivity index (χ1) is 11.6. The average Bonchev–Trinajstić information content (AvgIpc) is 2.58. The van der Waals surface area contributed by atoms with Crippen LogP contribution in [0.25, 0.3) is 10.4 Å². The first-order valence-corrected chi connectivity index (χ1v) is 8.70. The van der Waals surface area contributed by atoms with Gasteiger partial charge in [-0.05, 0) is 25.3 Å². The molecular weight excluding hydrogens is 306 g/mol. The summed E-state index contributed by atoms with van der Waals surface area (Å²) in [6.07, 6.45) is 9.82. The minimum absolute atomic E-state index is 0.0240. The molecule has 0 N–H and O–H groups in total. The van der Waals surface area contributed by atoms with Crippen molar-refractivity contribution in [2.45, 2.75) is 71.6 Å². The van der Waals surface area contributed by atoms with Gasteiger partial charge in [0.25, 0.3) is 0 Å². The van der Waals surface area contributed by atoms with Crippen LogP contribution in [0, 0.1) is 0 Å². The Hall–Kier alpha value is -2.07. The predicted molar refractivity (Wildman–Crippen MR) is 93.1 cm³/mol. The smallest absolute Gasteiger partial charge is 0.230 e. The molecule has 0 spiro atoms. The third-order valence-electron chi connectivity index (χ3n) is 4.29. The van der Waals surface area contributed by atoms with Gasteiger partial charge >= 0.3 is 0 Å². The Morgan fingerprint density at radius 3 is 2.12 bits per heavy atom. The van der Waals surface area contributed by atoms with Gasteiger partial charge in [0.05, 0.1) is 12.8 Å². The molecule has 6 nitrogen and oxygen atoms in total. The molecule has 0 amide bonds. The highest BCUT2D eigenvalue weighted by molar-refractivity contribution is 6.24. The number of nitrogens with zero attached hydrogens (tertiary/aromatic N) is 3. The molecule has 0 aromatic carbocycles. The van der Waals surface area contributed by atoms with Crippen molar-refractivity contribution >= 4 is 11.6 Å². The number of hydrogen-bond donors (Lipinski definition) is 0. The monoisotopic (exact) mass is 333 g/mol. The Bertz CT molecular complexity index is 584. The van der Waals surface area contributed by atoms with Crippen molar-refractivity contribution < 1.29 is 14.3 Å². The van der Waals surface area contributed by atoms with Crippen LogP contribution in [-0.4, -0.2) is 18.7 Å². The minimum Gasteiger partial charge on any atom is -0.492 e. The highest BCUT2D eigenvalue weighted by atomic mass is 16.5. The molecule has 0 aromatic rings. The van der Waals surface area contributed by atoms with Crippen LogP contribution in [0.3, 0.4) is 0 Å². The van der Waals surface area contributed by atoms with E-state index in [0.717, 1.165) is 19.3 Å². The van der Waals surface area contributed by atoms with Crippen molar-refractivity contribution in [3.05, 3.63) is 33.0 Å². The van der Waals surface area contributed by atoms with Crippen LogP contribution in [0.5, 0.6) is 0 Å². The molecule has 1 aliphatic carbocycles. The fourth-order valence-corrected chi connectivity index (χ4v) is 2.90. The van der Waals surface area contributed by atoms with E-state index in [1.165, 1.54) is 46.1 Å². The molecule has 0 bridgehead atoms. The van der Waals surface area contributed by atoms with Crippen molar-refractivity contribution in [2.24, 2.45) is 5.11 Å². The summed E-state index contributed by atoms with van der Waals surface area (Å²) in [4.78, 5) is 27.3. The van der Waals surface area contributed by atoms with Crippen molar-refractivity contribution in [3.63, 3.8) is 0 Å². The van der Waals surface area contributed by atoms with E-state index in [4.69, 9.17) is 10.3 Å². The number of allylic oxidation sites excluding steroid dienone is 2. The number of hydrogen-bond acceptors (Lipinski definition) is 4. The van der Waals surface area contributed by atoms with Crippen molar-refractivity contribution in [1.29, 1.82) is 0 Å². The number of carbonyl (C=O) groups is 2. The van der Waals surface area contributed by atoms with E-state index in [9.17, 15) is 9.59 Å². The topological polar surface area (TPSA) is 92.1 Å². The maximum atomic E-state index is 12.4. The minimum atomic E-state index is -0.498. The molecule has 1 rings (SSSR count). The van der Waals surface area contributed by atoms with Crippen molar-refractivity contribution in [3.8, 4) is 0 Å². The SMILES string of the molecule is CCCCCCCCCCC1=C(OC)C(=O)C(N=[N+]=[N-])=C(C)C1=O. The predicted octanol–water partition coefficient (Wildman–Crippen LogP) is 5.15. The number of methoxy groups -OCH3 is 1. The molecule has 0 aromatic heterocycles. The van der Waals surface area contributed by atoms with Gasteiger partial charge in [-0.25, -0.2) is 0 Å². The number of rotatable bonds is 11. The van der Waals surface area contributed by atoms with Crippen LogP contribution < -0.4 is 0 Å². The average molecular weight is 333 g/mol. The summed E-state index contributed by atoms with van der Waals surface area (Å²) in [6.45, 7) is 3.72. The molecule has 0 fully saturated rings. The summed E-state index contributed by atoms with van der Waals surface area (Å²) in [7, 11) is 1.36. The second-order valence-electron chi connectivity index (χ2n) is 6.06. The standard InChI is InChI=1S/C18H27N3O3/c1-4-5-6-7-8-9-10-11-12-14-16(22)13(2)15(20-21-19)17(23)18(14)24-3/h4-12H2,1-3H3. The fourth-order valence-electron chi connectivity index (χ4n) is 2.90. The van der Waals surface area contributed by atoms with E-state index in [-0.39, 0.29) is 22.8 Å². The van der Waals surface area contributed by atoms with Crippen molar-refractivity contribution in [1.82, 2.24) is 0 Å². The van der Waals surface area contributed by atoms with Gasteiger partial charge in [-0.2, -0.15) is 0 Å². The van der Waals surface area contributed by atoms with E-state index >= 15 is 0 Å². The van der Waals surface area contributed by atoms with Gasteiger partial charge < -0.3 is 4.74 Å². The van der Waals surface area contributed by atoms with Crippen LogP contribution >= 0.6 is 0 Å². The number of ketones is 2. The molecule has 6 heteroatoms. The zero-order valence-electron chi connectivity index (χ0n) is 14.9. The Morgan fingerprint density at radius 2 is 1.58 bits per heavy atom. The van der Waals surface area contributed by atoms with Gasteiger partial charge in [0, 0.05) is 16.1 Å². The zero-order valence-corrected chi connectivity index (χ0v) is 14.9. The molecule has 0 atom stereocenters. The Labute approximate surface area is 143 Å². The van der Waals surface area contributed by atoms with Crippen LogP contribution in [-0.2, 0) is 14.3 Å². The molecular formula is C18H27N3O3. The summed E-state index contributed by atoms with van der Waals surface area (Å²) < 4.78 is 5.13. The van der Waals surface area contributed by atoms with Crippen LogP contribution in [0.2, 0.25) is 0 Å². The second kappa shape index (κ2) is 10.7. The number of azide groups is 1. The largest absolute Gasteiger partial charge is 0.492 e. The lowest BCUT2D eigenvalue weighted by atomic mass is 9.89. The fraction of sp³-hybridized carbons (Fsp3) is 0.667. The van der Waals surface area contributed by atoms with Gasteiger partial charge in [-0.15, -0.1) is 0 Å². The third-order valence-corrected chi connectivity index (χ3v) is 4.29. The number of Topliss-reactive ketones (excluding diaryl/α,β-unsaturated/α-hetero) is 2. The lowest BCUT2D eigenvalue weighted by Crippen LogP contribution is -2.23. The molecule has 0 saturated heterocycles. The quantitative estimate of drug-likeness (QED) is 0.172. The first kappa shape index (κ1) is 20.0. The van der Waals surface area contributed by atoms with Gasteiger partial charge in [0.1, 0.15) is 0 Å². The number of ether oxygens (including phenoxy) is 1. The van der Waals surface area contributed by atoms with Crippen LogP contribution in [0.15, 0.2) is 27.7 Å². The third kappa shape index (κ3) is 5.24. The maximum Gasteiger partial charge on any atom is 0.230 e. The molecule has 0 heterocycles. The van der Waals surface area contributed by atoms with E-state index in [1.807, 2.05) is 0 Å². The normalized spacial score (nSPS) is 15.0. The second-order valence-corrected chi connectivity index (χ2v) is 6.06. The van der Waals surface area contributed by atoms with E-state index in [1.54, 1.807) is 0 Å². The highest BCUT2D eigenvalue weighted by Gasteiger charge is 2.32.